The van der Waals surface area contributed by atoms with Crippen LogP contribution in [0, 0.1) is 6.92 Å². The van der Waals surface area contributed by atoms with Crippen molar-refractivity contribution in [3.63, 3.8) is 0 Å². The van der Waals surface area contributed by atoms with Crippen LogP contribution in [0.3, 0.4) is 0 Å². The Balaban J connectivity index is 1.81. The maximum Gasteiger partial charge on any atom is 0.334 e. The van der Waals surface area contributed by atoms with Gasteiger partial charge in [-0.1, -0.05) is 35.9 Å². The number of carbonyl (C=O) groups is 1. The summed E-state index contributed by atoms with van der Waals surface area (Å²) < 4.78 is 28.1. The van der Waals surface area contributed by atoms with E-state index in [0.717, 1.165) is 5.69 Å². The third-order valence-electron chi connectivity index (χ3n) is 3.41. The number of nitrogens with one attached hydrogen (secondary N) is 2. The molecule has 0 aliphatic carbocycles. The van der Waals surface area contributed by atoms with E-state index in [4.69, 9.17) is 11.6 Å². The molecule has 0 radical (unpaired) electrons. The van der Waals surface area contributed by atoms with Crippen molar-refractivity contribution in [1.29, 1.82) is 0 Å². The molecule has 0 fully saturated rings. The summed E-state index contributed by atoms with van der Waals surface area (Å²) in [4.78, 5) is 12.1. The first-order valence-electron chi connectivity index (χ1n) is 7.56. The molecule has 0 saturated carbocycles. The number of carbonyl (C=O) groups excluding carboxylic acids is 1. The van der Waals surface area contributed by atoms with Gasteiger partial charge in [0.05, 0.1) is 16.3 Å². The molecule has 2 N–H and O–H groups in total. The van der Waals surface area contributed by atoms with E-state index in [9.17, 15) is 13.2 Å². The zero-order valence-corrected chi connectivity index (χ0v) is 15.3. The van der Waals surface area contributed by atoms with E-state index in [-0.39, 0.29) is 9.92 Å². The fourth-order valence-electron chi connectivity index (χ4n) is 2.31. The lowest BCUT2D eigenvalue weighted by molar-refractivity contribution is 0.256. The molecule has 0 aliphatic rings. The van der Waals surface area contributed by atoms with Crippen LogP contribution in [0.25, 0.3) is 5.69 Å². The summed E-state index contributed by atoms with van der Waals surface area (Å²) in [6.45, 7) is 1.77. The van der Waals surface area contributed by atoms with Crippen LogP contribution in [0.5, 0.6) is 0 Å². The van der Waals surface area contributed by atoms with Crippen LogP contribution in [-0.4, -0.2) is 24.2 Å². The second kappa shape index (κ2) is 7.19. The van der Waals surface area contributed by atoms with Gasteiger partial charge in [-0.15, -0.1) is 0 Å². The number of hydrogen-bond acceptors (Lipinski definition) is 4. The number of aromatic nitrogens is 2. The summed E-state index contributed by atoms with van der Waals surface area (Å²) in [6, 6.07) is 15.5. The van der Waals surface area contributed by atoms with Gasteiger partial charge in [0.1, 0.15) is 5.82 Å². The lowest BCUT2D eigenvalue weighted by atomic mass is 10.3. The highest BCUT2D eigenvalue weighted by Gasteiger charge is 2.19. The van der Waals surface area contributed by atoms with E-state index in [2.05, 4.69) is 10.4 Å². The normalized spacial score (nSPS) is 11.2. The van der Waals surface area contributed by atoms with Crippen LogP contribution in [-0.2, 0) is 10.0 Å². The molecule has 1 heterocycles. The molecular formula is C17H15ClN4O3S. The third-order valence-corrected chi connectivity index (χ3v) is 4.97. The summed E-state index contributed by atoms with van der Waals surface area (Å²) in [5.74, 6) is 0.340. The Labute approximate surface area is 155 Å². The molecule has 0 atom stereocenters. The van der Waals surface area contributed by atoms with Gasteiger partial charge >= 0.3 is 6.03 Å². The first-order valence-corrected chi connectivity index (χ1v) is 9.43. The van der Waals surface area contributed by atoms with Gasteiger partial charge in [-0.3, -0.25) is 5.32 Å². The highest BCUT2D eigenvalue weighted by molar-refractivity contribution is 7.90. The zero-order valence-electron chi connectivity index (χ0n) is 13.7. The fraction of sp³-hybridized carbons (Fsp3) is 0.0588. The Kier molecular flexibility index (Phi) is 4.97. The van der Waals surface area contributed by atoms with E-state index >= 15 is 0 Å². The molecule has 7 nitrogen and oxygen atoms in total. The van der Waals surface area contributed by atoms with Crippen molar-refractivity contribution < 1.29 is 13.2 Å². The largest absolute Gasteiger partial charge is 0.334 e. The summed E-state index contributed by atoms with van der Waals surface area (Å²) in [5.41, 5.74) is 1.40. The van der Waals surface area contributed by atoms with E-state index < -0.39 is 16.1 Å². The molecule has 3 rings (SSSR count). The molecule has 2 aromatic carbocycles. The van der Waals surface area contributed by atoms with E-state index in [1.54, 1.807) is 19.1 Å². The van der Waals surface area contributed by atoms with Gasteiger partial charge < -0.3 is 0 Å². The Morgan fingerprint density at radius 3 is 2.50 bits per heavy atom. The number of benzene rings is 2. The molecule has 134 valence electrons. The van der Waals surface area contributed by atoms with E-state index in [1.165, 1.54) is 22.9 Å². The fourth-order valence-corrected chi connectivity index (χ4v) is 3.52. The molecule has 0 aliphatic heterocycles. The second-order valence-corrected chi connectivity index (χ2v) is 7.55. The molecule has 3 aromatic rings. The molecule has 9 heteroatoms. The van der Waals surface area contributed by atoms with Crippen LogP contribution in [0.4, 0.5) is 10.6 Å². The van der Waals surface area contributed by atoms with E-state index in [0.29, 0.717) is 11.5 Å². The van der Waals surface area contributed by atoms with Gasteiger partial charge in [0.25, 0.3) is 10.0 Å². The smallest absolute Gasteiger partial charge is 0.291 e. The highest BCUT2D eigenvalue weighted by Crippen LogP contribution is 2.18. The second-order valence-electron chi connectivity index (χ2n) is 5.44. The molecule has 0 spiro atoms. The first-order chi connectivity index (χ1) is 12.3. The van der Waals surface area contributed by atoms with Crippen molar-refractivity contribution in [1.82, 2.24) is 14.5 Å². The van der Waals surface area contributed by atoms with Crippen LogP contribution in [0.15, 0.2) is 65.6 Å². The number of amides is 2. The number of urea groups is 1. The highest BCUT2D eigenvalue weighted by atomic mass is 35.5. The number of halogens is 1. The summed E-state index contributed by atoms with van der Waals surface area (Å²) in [5, 5.41) is 7.07. The minimum absolute atomic E-state index is 0.104. The van der Waals surface area contributed by atoms with Gasteiger partial charge in [-0.05, 0) is 37.3 Å². The lowest BCUT2D eigenvalue weighted by Gasteiger charge is -2.10. The number of aryl methyl sites for hydroxylation is 1. The Morgan fingerprint density at radius 1 is 1.08 bits per heavy atom. The molecule has 1 aromatic heterocycles. The molecule has 0 saturated heterocycles. The Morgan fingerprint density at radius 2 is 1.81 bits per heavy atom. The monoisotopic (exact) mass is 390 g/mol. The number of rotatable bonds is 4. The summed E-state index contributed by atoms with van der Waals surface area (Å²) in [7, 11) is -4.05. The van der Waals surface area contributed by atoms with Crippen molar-refractivity contribution in [3.8, 4) is 5.69 Å². The van der Waals surface area contributed by atoms with Gasteiger partial charge in [0.15, 0.2) is 0 Å². The van der Waals surface area contributed by atoms with Crippen molar-refractivity contribution in [2.45, 2.75) is 11.8 Å². The molecule has 26 heavy (non-hydrogen) atoms. The minimum atomic E-state index is -4.05. The van der Waals surface area contributed by atoms with Crippen molar-refractivity contribution >= 4 is 33.5 Å². The van der Waals surface area contributed by atoms with Crippen molar-refractivity contribution in [3.05, 3.63) is 71.4 Å². The van der Waals surface area contributed by atoms with Crippen molar-refractivity contribution in [2.24, 2.45) is 0 Å². The Hall–Kier alpha value is -2.84. The third kappa shape index (κ3) is 4.04. The average molecular weight is 391 g/mol. The number of para-hydroxylation sites is 1. The van der Waals surface area contributed by atoms with Crippen molar-refractivity contribution in [2.75, 3.05) is 5.32 Å². The van der Waals surface area contributed by atoms with Gasteiger partial charge in [-0.25, -0.2) is 22.6 Å². The predicted molar refractivity (Wildman–Crippen MR) is 99.1 cm³/mol. The van der Waals surface area contributed by atoms with Gasteiger partial charge in [0, 0.05) is 11.1 Å². The van der Waals surface area contributed by atoms with Gasteiger partial charge in [-0.2, -0.15) is 5.10 Å². The molecule has 2 amide bonds. The molecule has 0 bridgehead atoms. The molecular weight excluding hydrogens is 376 g/mol. The van der Waals surface area contributed by atoms with Crippen LogP contribution < -0.4 is 10.0 Å². The standard InChI is InChI=1S/C17H15ClN4O3S/c1-12-10-16(22(20-12)14-7-3-2-4-8-14)19-17(23)21-26(24,25)15-9-5-6-13(18)11-15/h2-11H,1H3,(H2,19,21,23). The first kappa shape index (κ1) is 18.0. The molecule has 0 unspecified atom stereocenters. The van der Waals surface area contributed by atoms with Crippen LogP contribution >= 0.6 is 11.6 Å². The number of sulfonamides is 1. The summed E-state index contributed by atoms with van der Waals surface area (Å²) >= 11 is 5.80. The number of hydrogen-bond donors (Lipinski definition) is 2. The Bertz CT molecular complexity index is 1050. The maximum absolute atomic E-state index is 12.3. The maximum atomic E-state index is 12.3. The predicted octanol–water partition coefficient (Wildman–Crippen LogP) is 3.34. The zero-order chi connectivity index (χ0) is 18.7. The topological polar surface area (TPSA) is 93.1 Å². The SMILES string of the molecule is Cc1cc(NC(=O)NS(=O)(=O)c2cccc(Cl)c2)n(-c2ccccc2)n1. The number of nitrogens with zero attached hydrogens (tertiary/aromatic N) is 2. The average Bonchev–Trinajstić information content (AvgIpc) is 2.95. The number of anilines is 1. The summed E-state index contributed by atoms with van der Waals surface area (Å²) in [6.07, 6.45) is 0. The van der Waals surface area contributed by atoms with Crippen LogP contribution in [0.1, 0.15) is 5.69 Å². The van der Waals surface area contributed by atoms with E-state index in [1.807, 2.05) is 35.1 Å². The quantitative estimate of drug-likeness (QED) is 0.714. The minimum Gasteiger partial charge on any atom is -0.291 e. The van der Waals surface area contributed by atoms with Gasteiger partial charge in [0.2, 0.25) is 0 Å². The van der Waals surface area contributed by atoms with Crippen LogP contribution in [0.2, 0.25) is 5.02 Å². The lowest BCUT2D eigenvalue weighted by Crippen LogP contribution is -2.34.